The predicted molar refractivity (Wildman–Crippen MR) is 136 cm³/mol. The van der Waals surface area contributed by atoms with Crippen LogP contribution in [0.15, 0.2) is 24.3 Å². The Morgan fingerprint density at radius 3 is 2.73 bits per heavy atom. The van der Waals surface area contributed by atoms with Gasteiger partial charge in [0.15, 0.2) is 0 Å². The molecule has 8 heteroatoms. The third-order valence-corrected chi connectivity index (χ3v) is 7.77. The van der Waals surface area contributed by atoms with E-state index >= 15 is 0 Å². The predicted octanol–water partition coefficient (Wildman–Crippen LogP) is 4.44. The van der Waals surface area contributed by atoms with Crippen molar-refractivity contribution in [3.05, 3.63) is 39.6 Å². The average molecular weight is 470 g/mol. The number of thiophene rings is 1. The van der Waals surface area contributed by atoms with Crippen LogP contribution in [-0.4, -0.2) is 67.6 Å². The van der Waals surface area contributed by atoms with Crippen molar-refractivity contribution in [1.82, 2.24) is 15.1 Å². The summed E-state index contributed by atoms with van der Waals surface area (Å²) in [6.45, 7) is 15.3. The zero-order valence-corrected chi connectivity index (χ0v) is 20.9. The molecule has 0 aliphatic carbocycles. The molecule has 1 aromatic carbocycles. The van der Waals surface area contributed by atoms with E-state index in [1.165, 1.54) is 6.42 Å². The lowest BCUT2D eigenvalue weighted by molar-refractivity contribution is 0.102. The van der Waals surface area contributed by atoms with Gasteiger partial charge in [-0.15, -0.1) is 11.3 Å². The molecule has 1 unspecified atom stereocenters. The molecule has 7 nitrogen and oxygen atoms in total. The molecule has 1 fully saturated rings. The lowest BCUT2D eigenvalue weighted by Crippen LogP contribution is -2.41. The van der Waals surface area contributed by atoms with Gasteiger partial charge in [-0.05, 0) is 58.0 Å². The zero-order chi connectivity index (χ0) is 23.5. The maximum atomic E-state index is 13.5. The van der Waals surface area contributed by atoms with Gasteiger partial charge in [-0.25, -0.2) is 4.79 Å². The number of anilines is 3. The van der Waals surface area contributed by atoms with Gasteiger partial charge in [0.25, 0.3) is 5.91 Å². The van der Waals surface area contributed by atoms with Gasteiger partial charge in [0, 0.05) is 35.9 Å². The maximum Gasteiger partial charge on any atom is 0.326 e. The van der Waals surface area contributed by atoms with Gasteiger partial charge in [-0.2, -0.15) is 0 Å². The van der Waals surface area contributed by atoms with Crippen molar-refractivity contribution in [1.29, 1.82) is 0 Å². The summed E-state index contributed by atoms with van der Waals surface area (Å²) in [7, 11) is 0. The highest BCUT2D eigenvalue weighted by molar-refractivity contribution is 7.13. The largest absolute Gasteiger partial charge is 0.336 e. The number of carbonyl (C=O) groups is 2. The van der Waals surface area contributed by atoms with Crippen molar-refractivity contribution in [2.45, 2.75) is 34.1 Å². The van der Waals surface area contributed by atoms with E-state index in [9.17, 15) is 9.59 Å². The molecule has 2 aromatic rings. The number of nitrogens with zero attached hydrogens (tertiary/aromatic N) is 3. The molecule has 3 amide bonds. The molecule has 4 rings (SSSR count). The first-order chi connectivity index (χ1) is 15.9. The summed E-state index contributed by atoms with van der Waals surface area (Å²) in [5, 5.41) is 6.10. The second-order valence-corrected chi connectivity index (χ2v) is 10.3. The number of likely N-dealkylation sites (tertiary alicyclic amines) is 1. The molecule has 1 atom stereocenters. The summed E-state index contributed by atoms with van der Waals surface area (Å²) in [5.74, 6) is 0.542. The van der Waals surface area contributed by atoms with E-state index in [0.717, 1.165) is 49.0 Å². The number of benzene rings is 1. The second kappa shape index (κ2) is 10.2. The van der Waals surface area contributed by atoms with Crippen molar-refractivity contribution in [2.24, 2.45) is 5.92 Å². The van der Waals surface area contributed by atoms with Crippen molar-refractivity contribution in [3.8, 4) is 0 Å². The average Bonchev–Trinajstić information content (AvgIpc) is 3.32. The van der Waals surface area contributed by atoms with Crippen molar-refractivity contribution >= 4 is 40.3 Å². The molecule has 2 aliphatic rings. The third-order valence-electron chi connectivity index (χ3n) is 6.76. The highest BCUT2D eigenvalue weighted by atomic mass is 32.1. The van der Waals surface area contributed by atoms with Gasteiger partial charge in [0.2, 0.25) is 0 Å². The smallest absolute Gasteiger partial charge is 0.326 e. The highest BCUT2D eigenvalue weighted by Gasteiger charge is 2.33. The Hall–Kier alpha value is -2.42. The number of rotatable bonds is 7. The lowest BCUT2D eigenvalue weighted by atomic mass is 10.1. The Bertz CT molecular complexity index is 1020. The van der Waals surface area contributed by atoms with Gasteiger partial charge in [-0.3, -0.25) is 9.69 Å². The first kappa shape index (κ1) is 23.7. The topological polar surface area (TPSA) is 67.9 Å². The van der Waals surface area contributed by atoms with Crippen molar-refractivity contribution in [2.75, 3.05) is 56.0 Å². The molecule has 2 aliphatic heterocycles. The number of urea groups is 1. The Labute approximate surface area is 200 Å². The summed E-state index contributed by atoms with van der Waals surface area (Å²) in [6.07, 6.45) is 1.22. The molecule has 0 radical (unpaired) electrons. The van der Waals surface area contributed by atoms with Gasteiger partial charge in [0.1, 0.15) is 0 Å². The fraction of sp³-hybridized carbons (Fsp3) is 0.520. The fourth-order valence-corrected chi connectivity index (χ4v) is 6.05. The summed E-state index contributed by atoms with van der Waals surface area (Å²) in [5.41, 5.74) is 2.63. The third kappa shape index (κ3) is 4.93. The van der Waals surface area contributed by atoms with Crippen LogP contribution in [-0.2, 0) is 0 Å². The van der Waals surface area contributed by atoms with E-state index < -0.39 is 0 Å². The van der Waals surface area contributed by atoms with E-state index in [1.54, 1.807) is 16.2 Å². The van der Waals surface area contributed by atoms with Gasteiger partial charge in [0.05, 0.1) is 22.6 Å². The highest BCUT2D eigenvalue weighted by Crippen LogP contribution is 2.44. The van der Waals surface area contributed by atoms with Crippen LogP contribution in [0.1, 0.15) is 40.4 Å². The molecule has 0 saturated carbocycles. The van der Waals surface area contributed by atoms with E-state index in [-0.39, 0.29) is 11.9 Å². The zero-order valence-electron chi connectivity index (χ0n) is 20.1. The number of para-hydroxylation sites is 2. The normalized spacial score (nSPS) is 18.2. The first-order valence-electron chi connectivity index (χ1n) is 12.0. The molecule has 0 bridgehead atoms. The number of fused-ring (bicyclic) bond motifs is 2. The maximum absolute atomic E-state index is 13.5. The Kier molecular flexibility index (Phi) is 7.36. The Balaban J connectivity index is 1.45. The Morgan fingerprint density at radius 2 is 1.97 bits per heavy atom. The molecule has 0 spiro atoms. The van der Waals surface area contributed by atoms with Crippen LogP contribution in [0.2, 0.25) is 0 Å². The number of nitrogens with one attached hydrogen (secondary N) is 2. The molecule has 1 saturated heterocycles. The number of aryl methyl sites for hydroxylation is 2. The Morgan fingerprint density at radius 1 is 1.21 bits per heavy atom. The van der Waals surface area contributed by atoms with Crippen LogP contribution < -0.4 is 15.5 Å². The second-order valence-electron chi connectivity index (χ2n) is 8.92. The van der Waals surface area contributed by atoms with E-state index in [4.69, 9.17) is 0 Å². The van der Waals surface area contributed by atoms with Crippen LogP contribution >= 0.6 is 11.3 Å². The molecular weight excluding hydrogens is 434 g/mol. The minimum atomic E-state index is -0.194. The van der Waals surface area contributed by atoms with Gasteiger partial charge >= 0.3 is 6.03 Å². The monoisotopic (exact) mass is 469 g/mol. The van der Waals surface area contributed by atoms with Gasteiger partial charge < -0.3 is 20.4 Å². The SMILES string of the molecule is CCN(CC)CC1CCN(CCNC(=O)N2c3ccccc3NC(=O)c3c(C)sc(C)c32)C1. The molecule has 3 heterocycles. The quantitative estimate of drug-likeness (QED) is 0.629. The summed E-state index contributed by atoms with van der Waals surface area (Å²) < 4.78 is 0. The van der Waals surface area contributed by atoms with E-state index in [1.807, 2.05) is 38.1 Å². The fourth-order valence-electron chi connectivity index (χ4n) is 5.01. The lowest BCUT2D eigenvalue weighted by Gasteiger charge is -2.25. The summed E-state index contributed by atoms with van der Waals surface area (Å²) >= 11 is 1.55. The van der Waals surface area contributed by atoms with Crippen LogP contribution in [0, 0.1) is 19.8 Å². The number of hydrogen-bond donors (Lipinski definition) is 2. The number of carbonyl (C=O) groups excluding carboxylic acids is 2. The summed E-state index contributed by atoms with van der Waals surface area (Å²) in [4.78, 5) is 34.9. The standard InChI is InChI=1S/C25H35N5O2S/c1-5-28(6-2)15-19-11-13-29(16-19)14-12-26-25(32)30-21-10-8-7-9-20(21)27-24(31)22-17(3)33-18(4)23(22)30/h7-10,19H,5-6,11-16H2,1-4H3,(H,26,32)(H,27,31). The molecular formula is C25H35N5O2S. The van der Waals surface area contributed by atoms with Crippen molar-refractivity contribution < 1.29 is 9.59 Å². The van der Waals surface area contributed by atoms with Gasteiger partial charge in [-0.1, -0.05) is 26.0 Å². The number of amides is 3. The van der Waals surface area contributed by atoms with Crippen LogP contribution in [0.3, 0.4) is 0 Å². The van der Waals surface area contributed by atoms with E-state index in [2.05, 4.69) is 34.3 Å². The van der Waals surface area contributed by atoms with Crippen LogP contribution in [0.5, 0.6) is 0 Å². The first-order valence-corrected chi connectivity index (χ1v) is 12.8. The minimum Gasteiger partial charge on any atom is -0.336 e. The van der Waals surface area contributed by atoms with Crippen LogP contribution in [0.4, 0.5) is 21.9 Å². The van der Waals surface area contributed by atoms with Crippen molar-refractivity contribution in [3.63, 3.8) is 0 Å². The molecule has 1 aromatic heterocycles. The minimum absolute atomic E-state index is 0.161. The van der Waals surface area contributed by atoms with E-state index in [0.29, 0.717) is 35.1 Å². The summed E-state index contributed by atoms with van der Waals surface area (Å²) in [6, 6.07) is 7.30. The molecule has 33 heavy (non-hydrogen) atoms. The molecule has 178 valence electrons. The van der Waals surface area contributed by atoms with Crippen LogP contribution in [0.25, 0.3) is 0 Å². The molecule has 2 N–H and O–H groups in total. The number of hydrogen-bond acceptors (Lipinski definition) is 5.